The maximum absolute atomic E-state index is 13.5. The maximum Gasteiger partial charge on any atom is 0.322 e. The van der Waals surface area contributed by atoms with E-state index in [0.717, 1.165) is 10.9 Å². The molecule has 4 atom stereocenters. The van der Waals surface area contributed by atoms with Gasteiger partial charge in [-0.3, -0.25) is 28.8 Å². The van der Waals surface area contributed by atoms with Crippen LogP contribution in [-0.2, 0) is 35.2 Å². The molecule has 0 aliphatic carbocycles. The molecule has 2 rings (SSSR count). The quantitative estimate of drug-likeness (QED) is 0.0967. The Labute approximate surface area is 235 Å². The molecule has 0 saturated heterocycles. The van der Waals surface area contributed by atoms with E-state index in [1.807, 2.05) is 24.3 Å². The number of aromatic nitrogens is 1. The first-order valence-corrected chi connectivity index (χ1v) is 13.1. The number of nitrogens with two attached hydrogens (primary N) is 2. The van der Waals surface area contributed by atoms with Gasteiger partial charge in [0.1, 0.15) is 24.7 Å². The van der Waals surface area contributed by atoms with Gasteiger partial charge in [-0.05, 0) is 44.4 Å². The van der Waals surface area contributed by atoms with Gasteiger partial charge in [0.15, 0.2) is 0 Å². The SMILES string of the molecule is C[C@H](NC(=O)[C@H](CCCCN)NC(=O)[C@H](Cc1c[nH]c2ccccc12)NC(=O)[C@@H](N)CC(=O)O)C(=O)NCC(=O)O. The van der Waals surface area contributed by atoms with Gasteiger partial charge in [-0.25, -0.2) is 0 Å². The van der Waals surface area contributed by atoms with Crippen molar-refractivity contribution in [2.45, 2.75) is 63.2 Å². The molecule has 0 saturated carbocycles. The van der Waals surface area contributed by atoms with Crippen molar-refractivity contribution in [2.24, 2.45) is 11.5 Å². The molecule has 0 spiro atoms. The summed E-state index contributed by atoms with van der Waals surface area (Å²) in [5, 5.41) is 28.3. The molecule has 0 bridgehead atoms. The van der Waals surface area contributed by atoms with Crippen molar-refractivity contribution >= 4 is 46.5 Å². The van der Waals surface area contributed by atoms with Crippen molar-refractivity contribution in [2.75, 3.05) is 13.1 Å². The summed E-state index contributed by atoms with van der Waals surface area (Å²) in [4.78, 5) is 76.2. The third-order valence-corrected chi connectivity index (χ3v) is 6.21. The number of nitrogens with one attached hydrogen (secondary N) is 5. The fourth-order valence-electron chi connectivity index (χ4n) is 4.02. The van der Waals surface area contributed by atoms with Gasteiger partial charge in [0, 0.05) is 23.5 Å². The number of carbonyl (C=O) groups is 6. The summed E-state index contributed by atoms with van der Waals surface area (Å²) in [5.41, 5.74) is 12.7. The Balaban J connectivity index is 2.25. The summed E-state index contributed by atoms with van der Waals surface area (Å²) in [6.07, 6.45) is 2.18. The van der Waals surface area contributed by atoms with E-state index in [9.17, 15) is 28.8 Å². The highest BCUT2D eigenvalue weighted by Crippen LogP contribution is 2.19. The molecule has 0 aliphatic rings. The second-order valence-corrected chi connectivity index (χ2v) is 9.52. The molecular formula is C26H37N7O8. The highest BCUT2D eigenvalue weighted by Gasteiger charge is 2.30. The van der Waals surface area contributed by atoms with Crippen LogP contribution in [0.1, 0.15) is 38.2 Å². The number of fused-ring (bicyclic) bond motifs is 1. The number of carbonyl (C=O) groups excluding carboxylic acids is 4. The summed E-state index contributed by atoms with van der Waals surface area (Å²) in [5.74, 6) is -5.57. The van der Waals surface area contributed by atoms with Crippen LogP contribution < -0.4 is 32.7 Å². The zero-order chi connectivity index (χ0) is 30.5. The lowest BCUT2D eigenvalue weighted by Crippen LogP contribution is -2.58. The van der Waals surface area contributed by atoms with Crippen LogP contribution in [0.4, 0.5) is 0 Å². The van der Waals surface area contributed by atoms with Crippen molar-refractivity contribution in [1.82, 2.24) is 26.3 Å². The minimum Gasteiger partial charge on any atom is -0.481 e. The smallest absolute Gasteiger partial charge is 0.322 e. The Morgan fingerprint density at radius 2 is 1.54 bits per heavy atom. The van der Waals surface area contributed by atoms with Crippen LogP contribution in [0.3, 0.4) is 0 Å². The number of carboxylic acid groups (broad SMARTS) is 2. The van der Waals surface area contributed by atoms with E-state index >= 15 is 0 Å². The third-order valence-electron chi connectivity index (χ3n) is 6.21. The largest absolute Gasteiger partial charge is 0.481 e. The number of para-hydroxylation sites is 1. The molecule has 41 heavy (non-hydrogen) atoms. The molecule has 1 aromatic carbocycles. The van der Waals surface area contributed by atoms with Crippen LogP contribution in [0.2, 0.25) is 0 Å². The van der Waals surface area contributed by atoms with Crippen LogP contribution in [-0.4, -0.2) is 88.0 Å². The predicted molar refractivity (Wildman–Crippen MR) is 147 cm³/mol. The molecule has 4 amide bonds. The number of amides is 4. The maximum atomic E-state index is 13.5. The van der Waals surface area contributed by atoms with Crippen molar-refractivity contribution < 1.29 is 39.0 Å². The minimum atomic E-state index is -1.42. The Bertz CT molecular complexity index is 1250. The van der Waals surface area contributed by atoms with Crippen LogP contribution in [0.15, 0.2) is 30.5 Å². The molecule has 1 aromatic heterocycles. The fourth-order valence-corrected chi connectivity index (χ4v) is 4.02. The Hall–Kier alpha value is -4.50. The van der Waals surface area contributed by atoms with Gasteiger partial charge < -0.3 is 47.9 Å². The average molecular weight is 576 g/mol. The molecule has 15 heteroatoms. The lowest BCUT2D eigenvalue weighted by atomic mass is 10.0. The molecule has 1 heterocycles. The van der Waals surface area contributed by atoms with Crippen LogP contribution in [0.5, 0.6) is 0 Å². The summed E-state index contributed by atoms with van der Waals surface area (Å²) in [6.45, 7) is 1.07. The number of unbranched alkanes of at least 4 members (excludes halogenated alkanes) is 1. The molecule has 0 radical (unpaired) electrons. The minimum absolute atomic E-state index is 0.00743. The normalized spacial score (nSPS) is 13.8. The molecular weight excluding hydrogens is 538 g/mol. The van der Waals surface area contributed by atoms with Gasteiger partial charge >= 0.3 is 11.9 Å². The van der Waals surface area contributed by atoms with E-state index in [1.165, 1.54) is 6.92 Å². The van der Waals surface area contributed by atoms with Crippen molar-refractivity contribution in [3.05, 3.63) is 36.0 Å². The molecule has 224 valence electrons. The number of carboxylic acids is 2. The van der Waals surface area contributed by atoms with Crippen LogP contribution >= 0.6 is 0 Å². The Kier molecular flexibility index (Phi) is 12.7. The molecule has 15 nitrogen and oxygen atoms in total. The van der Waals surface area contributed by atoms with Gasteiger partial charge in [-0.1, -0.05) is 18.2 Å². The zero-order valence-electron chi connectivity index (χ0n) is 22.6. The van der Waals surface area contributed by atoms with Gasteiger partial charge in [-0.2, -0.15) is 0 Å². The second-order valence-electron chi connectivity index (χ2n) is 9.52. The highest BCUT2D eigenvalue weighted by atomic mass is 16.4. The van der Waals surface area contributed by atoms with Crippen LogP contribution in [0, 0.1) is 0 Å². The summed E-state index contributed by atoms with van der Waals surface area (Å²) >= 11 is 0. The lowest BCUT2D eigenvalue weighted by molar-refractivity contribution is -0.140. The van der Waals surface area contributed by atoms with Gasteiger partial charge in [0.2, 0.25) is 23.6 Å². The van der Waals surface area contributed by atoms with Crippen molar-refractivity contribution in [3.63, 3.8) is 0 Å². The van der Waals surface area contributed by atoms with E-state index < -0.39 is 72.7 Å². The third kappa shape index (κ3) is 10.5. The molecule has 2 aromatic rings. The van der Waals surface area contributed by atoms with Gasteiger partial charge in [-0.15, -0.1) is 0 Å². The topological polar surface area (TPSA) is 259 Å². The lowest BCUT2D eigenvalue weighted by Gasteiger charge is -2.25. The van der Waals surface area contributed by atoms with E-state index in [4.69, 9.17) is 21.7 Å². The van der Waals surface area contributed by atoms with E-state index in [-0.39, 0.29) is 12.8 Å². The van der Waals surface area contributed by atoms with Gasteiger partial charge in [0.05, 0.1) is 12.5 Å². The highest BCUT2D eigenvalue weighted by molar-refractivity contribution is 5.96. The number of H-pyrrole nitrogens is 1. The van der Waals surface area contributed by atoms with Crippen LogP contribution in [0.25, 0.3) is 10.9 Å². The fraction of sp³-hybridized carbons (Fsp3) is 0.462. The van der Waals surface area contributed by atoms with Gasteiger partial charge in [0.25, 0.3) is 0 Å². The molecule has 0 fully saturated rings. The summed E-state index contributed by atoms with van der Waals surface area (Å²) in [7, 11) is 0. The predicted octanol–water partition coefficient (Wildman–Crippen LogP) is -1.68. The number of aliphatic carboxylic acids is 2. The first kappa shape index (κ1) is 32.7. The standard InChI is InChI=1S/C26H37N7O8/c1-14(23(38)30-13-22(36)37)31-25(40)19(8-4-5-9-27)32-26(41)20(33-24(39)17(28)11-21(34)35)10-15-12-29-18-7-3-2-6-16(15)18/h2-3,6-7,12,14,17,19-20,29H,4-5,8-11,13,27-28H2,1H3,(H,30,38)(H,31,40)(H,32,41)(H,33,39)(H,34,35)(H,36,37)/t14-,17-,19-,20-/m0/s1. The average Bonchev–Trinajstić information content (AvgIpc) is 3.32. The summed E-state index contributed by atoms with van der Waals surface area (Å²) < 4.78 is 0. The Morgan fingerprint density at radius 1 is 0.878 bits per heavy atom. The second kappa shape index (κ2) is 15.9. The monoisotopic (exact) mass is 575 g/mol. The van der Waals surface area contributed by atoms with E-state index in [2.05, 4.69) is 26.3 Å². The Morgan fingerprint density at radius 3 is 2.20 bits per heavy atom. The number of benzene rings is 1. The molecule has 0 aliphatic heterocycles. The molecule has 0 unspecified atom stereocenters. The number of aromatic amines is 1. The van der Waals surface area contributed by atoms with E-state index in [1.54, 1.807) is 6.20 Å². The van der Waals surface area contributed by atoms with Crippen molar-refractivity contribution in [1.29, 1.82) is 0 Å². The number of hydrogen-bond acceptors (Lipinski definition) is 8. The van der Waals surface area contributed by atoms with Crippen molar-refractivity contribution in [3.8, 4) is 0 Å². The zero-order valence-corrected chi connectivity index (χ0v) is 22.6. The number of rotatable bonds is 17. The first-order chi connectivity index (χ1) is 19.4. The summed E-state index contributed by atoms with van der Waals surface area (Å²) in [6, 6.07) is 2.41. The molecule has 11 N–H and O–H groups in total. The number of hydrogen-bond donors (Lipinski definition) is 9. The van der Waals surface area contributed by atoms with E-state index in [0.29, 0.717) is 24.9 Å². The first-order valence-electron chi connectivity index (χ1n) is 13.1.